The number of rotatable bonds is 8. The molecule has 1 fully saturated rings. The predicted octanol–water partition coefficient (Wildman–Crippen LogP) is 3.44. The third kappa shape index (κ3) is 5.83. The zero-order valence-electron chi connectivity index (χ0n) is 22.4. The number of aromatic nitrogens is 3. The molecule has 3 aromatic rings. The van der Waals surface area contributed by atoms with Gasteiger partial charge in [0.1, 0.15) is 5.82 Å². The number of fused-ring (bicyclic) bond motifs is 1. The van der Waals surface area contributed by atoms with Gasteiger partial charge < -0.3 is 15.1 Å². The van der Waals surface area contributed by atoms with Gasteiger partial charge >= 0.3 is 0 Å². The number of anilines is 2. The van der Waals surface area contributed by atoms with Crippen molar-refractivity contribution in [3.63, 3.8) is 0 Å². The van der Waals surface area contributed by atoms with E-state index >= 15 is 0 Å². The lowest BCUT2D eigenvalue weighted by Gasteiger charge is -2.34. The Kier molecular flexibility index (Phi) is 7.92. The highest BCUT2D eigenvalue weighted by molar-refractivity contribution is 5.88. The third-order valence-electron chi connectivity index (χ3n) is 6.79. The molecule has 1 saturated heterocycles. The molecule has 0 aliphatic carbocycles. The van der Waals surface area contributed by atoms with Crippen LogP contribution < -0.4 is 15.8 Å². The monoisotopic (exact) mass is 503 g/mol. The van der Waals surface area contributed by atoms with Gasteiger partial charge in [0.05, 0.1) is 11.4 Å². The molecule has 196 valence electrons. The SMILES string of the molecule is C=CC(=O)N1CCN(Cc2ccc([C@H](C)Nc3nc(N(C)C)c4ccc(=O)n(C(C)C)c4n3)cc2)CC1. The molecule has 1 aromatic carbocycles. The van der Waals surface area contributed by atoms with Gasteiger partial charge in [-0.1, -0.05) is 30.8 Å². The van der Waals surface area contributed by atoms with Crippen molar-refractivity contribution in [1.82, 2.24) is 24.3 Å². The maximum Gasteiger partial charge on any atom is 0.252 e. The van der Waals surface area contributed by atoms with Crippen LogP contribution in [-0.2, 0) is 11.3 Å². The van der Waals surface area contributed by atoms with Crippen molar-refractivity contribution < 1.29 is 4.79 Å². The van der Waals surface area contributed by atoms with Gasteiger partial charge in [-0.15, -0.1) is 0 Å². The maximum atomic E-state index is 12.6. The minimum Gasteiger partial charge on any atom is -0.362 e. The largest absolute Gasteiger partial charge is 0.362 e. The topological polar surface area (TPSA) is 86.6 Å². The molecule has 2 aromatic heterocycles. The van der Waals surface area contributed by atoms with Crippen molar-refractivity contribution in [1.29, 1.82) is 0 Å². The molecule has 1 aliphatic heterocycles. The summed E-state index contributed by atoms with van der Waals surface area (Å²) in [6.07, 6.45) is 1.39. The first kappa shape index (κ1) is 26.3. The smallest absolute Gasteiger partial charge is 0.252 e. The van der Waals surface area contributed by atoms with E-state index in [1.54, 1.807) is 16.7 Å². The van der Waals surface area contributed by atoms with Crippen LogP contribution in [0.4, 0.5) is 11.8 Å². The van der Waals surface area contributed by atoms with E-state index in [1.807, 2.05) is 37.7 Å². The van der Waals surface area contributed by atoms with Crippen LogP contribution in [-0.4, -0.2) is 70.5 Å². The van der Waals surface area contributed by atoms with E-state index < -0.39 is 0 Å². The van der Waals surface area contributed by atoms with Gasteiger partial charge in [0, 0.05) is 58.9 Å². The number of carbonyl (C=O) groups is 1. The van der Waals surface area contributed by atoms with Crippen LogP contribution in [0.25, 0.3) is 11.0 Å². The number of nitrogens with zero attached hydrogens (tertiary/aromatic N) is 6. The minimum absolute atomic E-state index is 0.00563. The standard InChI is InChI=1S/C28H37N7O2/c1-7-24(36)34-16-14-33(15-17-34)18-21-8-10-22(11-9-21)20(4)29-28-30-26(32(5)6)23-12-13-25(37)35(19(2)3)27(23)31-28/h7-13,19-20H,1,14-18H2,2-6H3,(H,29,30,31)/t20-/m0/s1. The maximum absolute atomic E-state index is 12.6. The van der Waals surface area contributed by atoms with Crippen LogP contribution in [0.2, 0.25) is 0 Å². The molecule has 37 heavy (non-hydrogen) atoms. The Morgan fingerprint density at radius 3 is 2.32 bits per heavy atom. The molecule has 0 saturated carbocycles. The highest BCUT2D eigenvalue weighted by atomic mass is 16.2. The first-order chi connectivity index (χ1) is 17.7. The number of nitrogens with one attached hydrogen (secondary N) is 1. The number of hydrogen-bond donors (Lipinski definition) is 1. The average Bonchev–Trinajstić information content (AvgIpc) is 2.88. The molecule has 9 nitrogen and oxygen atoms in total. The Labute approximate surface area is 218 Å². The number of benzene rings is 1. The van der Waals surface area contributed by atoms with Crippen LogP contribution >= 0.6 is 0 Å². The fourth-order valence-electron chi connectivity index (χ4n) is 4.72. The lowest BCUT2D eigenvalue weighted by atomic mass is 10.1. The average molecular weight is 504 g/mol. The Hall–Kier alpha value is -3.72. The minimum atomic E-state index is -0.0748. The van der Waals surface area contributed by atoms with E-state index in [1.165, 1.54) is 11.6 Å². The molecular weight excluding hydrogens is 466 g/mol. The second kappa shape index (κ2) is 11.1. The molecular formula is C28H37N7O2. The Morgan fingerprint density at radius 2 is 1.73 bits per heavy atom. The lowest BCUT2D eigenvalue weighted by Crippen LogP contribution is -2.47. The summed E-state index contributed by atoms with van der Waals surface area (Å²) in [5.41, 5.74) is 2.90. The number of piperazine rings is 1. The predicted molar refractivity (Wildman–Crippen MR) is 149 cm³/mol. The quantitative estimate of drug-likeness (QED) is 0.471. The summed E-state index contributed by atoms with van der Waals surface area (Å²) in [5, 5.41) is 4.28. The van der Waals surface area contributed by atoms with Crippen molar-refractivity contribution in [2.45, 2.75) is 39.4 Å². The molecule has 0 bridgehead atoms. The van der Waals surface area contributed by atoms with Gasteiger partial charge in [-0.05, 0) is 44.0 Å². The van der Waals surface area contributed by atoms with Crippen molar-refractivity contribution in [3.8, 4) is 0 Å². The number of amides is 1. The molecule has 1 atom stereocenters. The summed E-state index contributed by atoms with van der Waals surface area (Å²) in [6, 6.07) is 11.9. The molecule has 9 heteroatoms. The van der Waals surface area contributed by atoms with Gasteiger partial charge in [-0.2, -0.15) is 9.97 Å². The van der Waals surface area contributed by atoms with Crippen LogP contribution in [0, 0.1) is 0 Å². The Balaban J connectivity index is 1.49. The first-order valence-corrected chi connectivity index (χ1v) is 12.8. The summed E-state index contributed by atoms with van der Waals surface area (Å²) < 4.78 is 1.71. The lowest BCUT2D eigenvalue weighted by molar-refractivity contribution is -0.127. The van der Waals surface area contributed by atoms with E-state index in [0.717, 1.165) is 49.5 Å². The van der Waals surface area contributed by atoms with Crippen LogP contribution in [0.15, 0.2) is 53.8 Å². The van der Waals surface area contributed by atoms with Crippen molar-refractivity contribution in [3.05, 3.63) is 70.5 Å². The second-order valence-electron chi connectivity index (χ2n) is 10.1. The van der Waals surface area contributed by atoms with Gasteiger partial charge in [-0.25, -0.2) is 0 Å². The molecule has 1 aliphatic rings. The normalized spacial score (nSPS) is 15.1. The van der Waals surface area contributed by atoms with Crippen molar-refractivity contribution in [2.24, 2.45) is 0 Å². The van der Waals surface area contributed by atoms with Gasteiger partial charge in [0.15, 0.2) is 5.65 Å². The highest BCUT2D eigenvalue weighted by Crippen LogP contribution is 2.26. The zero-order chi connectivity index (χ0) is 26.7. The van der Waals surface area contributed by atoms with Crippen molar-refractivity contribution in [2.75, 3.05) is 50.5 Å². The molecule has 0 spiro atoms. The van der Waals surface area contributed by atoms with Gasteiger partial charge in [0.25, 0.3) is 5.56 Å². The number of hydrogen-bond acceptors (Lipinski definition) is 7. The van der Waals surface area contributed by atoms with E-state index in [0.29, 0.717) is 11.6 Å². The molecule has 4 rings (SSSR count). The molecule has 3 heterocycles. The van der Waals surface area contributed by atoms with Crippen LogP contribution in [0.5, 0.6) is 0 Å². The van der Waals surface area contributed by atoms with E-state index in [9.17, 15) is 9.59 Å². The van der Waals surface area contributed by atoms with Crippen LogP contribution in [0.3, 0.4) is 0 Å². The fraction of sp³-hybridized carbons (Fsp3) is 0.429. The Morgan fingerprint density at radius 1 is 1.05 bits per heavy atom. The second-order valence-corrected chi connectivity index (χ2v) is 10.1. The number of pyridine rings is 1. The summed E-state index contributed by atoms with van der Waals surface area (Å²) in [4.78, 5) is 40.1. The summed E-state index contributed by atoms with van der Waals surface area (Å²) >= 11 is 0. The van der Waals surface area contributed by atoms with Gasteiger partial charge in [0.2, 0.25) is 11.9 Å². The zero-order valence-corrected chi connectivity index (χ0v) is 22.4. The van der Waals surface area contributed by atoms with Crippen LogP contribution in [0.1, 0.15) is 44.0 Å². The summed E-state index contributed by atoms with van der Waals surface area (Å²) in [5.74, 6) is 1.25. The summed E-state index contributed by atoms with van der Waals surface area (Å²) in [7, 11) is 3.88. The molecule has 0 unspecified atom stereocenters. The van der Waals surface area contributed by atoms with Gasteiger partial charge in [-0.3, -0.25) is 19.1 Å². The molecule has 0 radical (unpaired) electrons. The highest BCUT2D eigenvalue weighted by Gasteiger charge is 2.20. The van der Waals surface area contributed by atoms with E-state index in [-0.39, 0.29) is 23.6 Å². The van der Waals surface area contributed by atoms with E-state index in [2.05, 4.69) is 48.0 Å². The third-order valence-corrected chi connectivity index (χ3v) is 6.79. The van der Waals surface area contributed by atoms with E-state index in [4.69, 9.17) is 9.97 Å². The fourth-order valence-corrected chi connectivity index (χ4v) is 4.72. The van der Waals surface area contributed by atoms with Crippen molar-refractivity contribution >= 4 is 28.7 Å². The molecule has 1 amide bonds. The molecule has 1 N–H and O–H groups in total. The summed E-state index contributed by atoms with van der Waals surface area (Å²) in [6.45, 7) is 13.6. The number of carbonyl (C=O) groups excluding carboxylic acids is 1. The first-order valence-electron chi connectivity index (χ1n) is 12.8. The Bertz CT molecular complexity index is 1320.